The fourth-order valence-corrected chi connectivity index (χ4v) is 4.55. The summed E-state index contributed by atoms with van der Waals surface area (Å²) in [5.74, 6) is -0.435. The van der Waals surface area contributed by atoms with Gasteiger partial charge in [0, 0.05) is 13.1 Å². The Bertz CT molecular complexity index is 974. The molecule has 0 aliphatic heterocycles. The van der Waals surface area contributed by atoms with E-state index in [4.69, 9.17) is 9.84 Å². The third-order valence-corrected chi connectivity index (χ3v) is 6.58. The smallest absolute Gasteiger partial charge is 0.419 e. The topological polar surface area (TPSA) is 58.6 Å². The SMILES string of the molecule is CC(C)(C)[C@H]1CC[C@H](Oc2ccc(-c3cccc(CNCCC(=O)O)c3)cc2C(F)(F)F)CC1. The molecule has 186 valence electrons. The third-order valence-electron chi connectivity index (χ3n) is 6.58. The Morgan fingerprint density at radius 3 is 2.32 bits per heavy atom. The average Bonchev–Trinajstić information content (AvgIpc) is 2.76. The van der Waals surface area contributed by atoms with E-state index in [9.17, 15) is 18.0 Å². The molecule has 0 bridgehead atoms. The highest BCUT2D eigenvalue weighted by Gasteiger charge is 2.36. The van der Waals surface area contributed by atoms with Gasteiger partial charge in [0.2, 0.25) is 0 Å². The molecule has 0 spiro atoms. The second-order valence-corrected chi connectivity index (χ2v) is 10.2. The van der Waals surface area contributed by atoms with Gasteiger partial charge in [-0.25, -0.2) is 0 Å². The lowest BCUT2D eigenvalue weighted by Crippen LogP contribution is -2.30. The van der Waals surface area contributed by atoms with E-state index in [1.54, 1.807) is 18.2 Å². The van der Waals surface area contributed by atoms with Crippen molar-refractivity contribution in [1.82, 2.24) is 5.32 Å². The number of hydrogen-bond acceptors (Lipinski definition) is 3. The van der Waals surface area contributed by atoms with E-state index >= 15 is 0 Å². The van der Waals surface area contributed by atoms with E-state index in [2.05, 4.69) is 26.1 Å². The molecule has 3 rings (SSSR count). The molecule has 1 aliphatic rings. The lowest BCUT2D eigenvalue weighted by atomic mass is 9.72. The van der Waals surface area contributed by atoms with Gasteiger partial charge in [-0.05, 0) is 71.9 Å². The molecule has 2 aromatic rings. The van der Waals surface area contributed by atoms with Crippen molar-refractivity contribution in [2.75, 3.05) is 6.54 Å². The van der Waals surface area contributed by atoms with Gasteiger partial charge in [0.05, 0.1) is 18.1 Å². The molecule has 2 aromatic carbocycles. The first-order valence-corrected chi connectivity index (χ1v) is 11.8. The van der Waals surface area contributed by atoms with E-state index in [-0.39, 0.29) is 23.7 Å². The Morgan fingerprint density at radius 2 is 1.71 bits per heavy atom. The highest BCUT2D eigenvalue weighted by atomic mass is 19.4. The van der Waals surface area contributed by atoms with Crippen molar-refractivity contribution in [1.29, 1.82) is 0 Å². The Balaban J connectivity index is 1.74. The van der Waals surface area contributed by atoms with Gasteiger partial charge in [-0.15, -0.1) is 0 Å². The normalized spacial score (nSPS) is 19.1. The Hall–Kier alpha value is -2.54. The molecule has 2 N–H and O–H groups in total. The number of carbonyl (C=O) groups is 1. The lowest BCUT2D eigenvalue weighted by Gasteiger charge is -2.37. The fraction of sp³-hybridized carbons (Fsp3) is 0.519. The number of aliphatic carboxylic acids is 1. The molecule has 34 heavy (non-hydrogen) atoms. The van der Waals surface area contributed by atoms with Gasteiger partial charge in [-0.2, -0.15) is 13.2 Å². The first kappa shape index (κ1) is 26.1. The Morgan fingerprint density at radius 1 is 1.03 bits per heavy atom. The Kier molecular flexibility index (Phi) is 8.29. The van der Waals surface area contributed by atoms with Crippen LogP contribution in [0.1, 0.15) is 64.0 Å². The number of carboxylic acids is 1. The zero-order chi connectivity index (χ0) is 24.9. The number of nitrogens with one attached hydrogen (secondary N) is 1. The second-order valence-electron chi connectivity index (χ2n) is 10.2. The Labute approximate surface area is 199 Å². The van der Waals surface area contributed by atoms with Crippen LogP contribution in [-0.2, 0) is 17.5 Å². The van der Waals surface area contributed by atoms with Crippen LogP contribution in [0.4, 0.5) is 13.2 Å². The predicted molar refractivity (Wildman–Crippen MR) is 127 cm³/mol. The number of alkyl halides is 3. The van der Waals surface area contributed by atoms with Crippen LogP contribution in [-0.4, -0.2) is 23.7 Å². The molecule has 1 fully saturated rings. The van der Waals surface area contributed by atoms with Crippen molar-refractivity contribution in [2.24, 2.45) is 11.3 Å². The van der Waals surface area contributed by atoms with Crippen molar-refractivity contribution in [3.8, 4) is 16.9 Å². The molecule has 7 heteroatoms. The van der Waals surface area contributed by atoms with Crippen LogP contribution in [0, 0.1) is 11.3 Å². The number of carboxylic acid groups (broad SMARTS) is 1. The summed E-state index contributed by atoms with van der Waals surface area (Å²) in [6.07, 6.45) is -1.28. The molecule has 0 heterocycles. The maximum absolute atomic E-state index is 13.9. The van der Waals surface area contributed by atoms with Crippen molar-refractivity contribution in [3.05, 3.63) is 53.6 Å². The number of ether oxygens (including phenoxy) is 1. The maximum atomic E-state index is 13.9. The van der Waals surface area contributed by atoms with Crippen molar-refractivity contribution < 1.29 is 27.8 Å². The van der Waals surface area contributed by atoms with Gasteiger partial charge < -0.3 is 15.2 Å². The standard InChI is InChI=1S/C27H34F3NO3/c1-26(2,3)21-8-10-22(11-9-21)34-24-12-7-20(16-23(24)27(28,29)30)19-6-4-5-18(15-19)17-31-14-13-25(32)33/h4-7,12,15-16,21-22,31H,8-11,13-14,17H2,1-3H3,(H,32,33)/t21-,22-. The largest absolute Gasteiger partial charge is 0.490 e. The number of hydrogen-bond donors (Lipinski definition) is 2. The van der Waals surface area contributed by atoms with Crippen LogP contribution >= 0.6 is 0 Å². The van der Waals surface area contributed by atoms with Crippen molar-refractivity contribution >= 4 is 5.97 Å². The zero-order valence-corrected chi connectivity index (χ0v) is 20.0. The summed E-state index contributed by atoms with van der Waals surface area (Å²) < 4.78 is 47.7. The molecule has 0 amide bonds. The summed E-state index contributed by atoms with van der Waals surface area (Å²) in [6.45, 7) is 7.38. The van der Waals surface area contributed by atoms with Crippen LogP contribution in [0.2, 0.25) is 0 Å². The van der Waals surface area contributed by atoms with E-state index in [1.165, 1.54) is 6.07 Å². The van der Waals surface area contributed by atoms with Gasteiger partial charge >= 0.3 is 12.1 Å². The molecular weight excluding hydrogens is 443 g/mol. The van der Waals surface area contributed by atoms with E-state index in [0.717, 1.165) is 37.3 Å². The minimum Gasteiger partial charge on any atom is -0.490 e. The average molecular weight is 478 g/mol. The predicted octanol–water partition coefficient (Wildman–Crippen LogP) is 6.92. The molecule has 0 atom stereocenters. The van der Waals surface area contributed by atoms with Gasteiger partial charge in [-0.3, -0.25) is 4.79 Å². The highest BCUT2D eigenvalue weighted by molar-refractivity contribution is 5.67. The molecule has 0 unspecified atom stereocenters. The van der Waals surface area contributed by atoms with Crippen LogP contribution in [0.15, 0.2) is 42.5 Å². The first-order valence-electron chi connectivity index (χ1n) is 11.8. The molecule has 1 aliphatic carbocycles. The van der Waals surface area contributed by atoms with Crippen molar-refractivity contribution in [2.45, 2.75) is 71.7 Å². The van der Waals surface area contributed by atoms with E-state index in [0.29, 0.717) is 30.1 Å². The third kappa shape index (κ3) is 7.23. The summed E-state index contributed by atoms with van der Waals surface area (Å²) >= 11 is 0. The van der Waals surface area contributed by atoms with Crippen LogP contribution < -0.4 is 10.1 Å². The summed E-state index contributed by atoms with van der Waals surface area (Å²) in [6, 6.07) is 11.5. The monoisotopic (exact) mass is 477 g/mol. The number of benzene rings is 2. The van der Waals surface area contributed by atoms with Crippen molar-refractivity contribution in [3.63, 3.8) is 0 Å². The summed E-state index contributed by atoms with van der Waals surface area (Å²) in [4.78, 5) is 10.6. The summed E-state index contributed by atoms with van der Waals surface area (Å²) in [5, 5.41) is 11.8. The fourth-order valence-electron chi connectivity index (χ4n) is 4.55. The molecule has 0 radical (unpaired) electrons. The van der Waals surface area contributed by atoms with Gasteiger partial charge in [0.1, 0.15) is 5.75 Å². The van der Waals surface area contributed by atoms with Gasteiger partial charge in [0.25, 0.3) is 0 Å². The number of halogens is 3. The van der Waals surface area contributed by atoms with E-state index in [1.807, 2.05) is 12.1 Å². The second kappa shape index (κ2) is 10.8. The zero-order valence-electron chi connectivity index (χ0n) is 20.0. The number of rotatable bonds is 8. The molecule has 1 saturated carbocycles. The minimum atomic E-state index is -4.52. The quantitative estimate of drug-likeness (QED) is 0.405. The van der Waals surface area contributed by atoms with Gasteiger partial charge in [-0.1, -0.05) is 45.0 Å². The van der Waals surface area contributed by atoms with Crippen LogP contribution in [0.3, 0.4) is 0 Å². The van der Waals surface area contributed by atoms with Gasteiger partial charge in [0.15, 0.2) is 0 Å². The van der Waals surface area contributed by atoms with Crippen LogP contribution in [0.25, 0.3) is 11.1 Å². The molecular formula is C27H34F3NO3. The summed E-state index contributed by atoms with van der Waals surface area (Å²) in [7, 11) is 0. The molecule has 4 nitrogen and oxygen atoms in total. The summed E-state index contributed by atoms with van der Waals surface area (Å²) in [5.41, 5.74) is 1.44. The highest BCUT2D eigenvalue weighted by Crippen LogP contribution is 2.42. The van der Waals surface area contributed by atoms with Crippen LogP contribution in [0.5, 0.6) is 5.75 Å². The minimum absolute atomic E-state index is 0.00789. The van der Waals surface area contributed by atoms with E-state index < -0.39 is 17.7 Å². The first-order chi connectivity index (χ1) is 15.9. The molecule has 0 aromatic heterocycles. The lowest BCUT2D eigenvalue weighted by molar-refractivity contribution is -0.139. The molecule has 0 saturated heterocycles. The maximum Gasteiger partial charge on any atom is 0.419 e.